The maximum Gasteiger partial charge on any atom is 0.317 e. The number of nitrogens with zero attached hydrogens (tertiary/aromatic N) is 5. The van der Waals surface area contributed by atoms with Crippen molar-refractivity contribution in [3.63, 3.8) is 0 Å². The molecule has 1 rings (SSSR count). The number of aliphatic carboxylic acids is 2. The summed E-state index contributed by atoms with van der Waals surface area (Å²) in [5.74, 6) is -1.71. The van der Waals surface area contributed by atoms with Crippen molar-refractivity contribution in [3.8, 4) is 0 Å². The largest absolute Gasteiger partial charge is 0.480 e. The van der Waals surface area contributed by atoms with Crippen LogP contribution in [0.4, 0.5) is 0 Å². The average molecular weight is 271 g/mol. The molecule has 9 nitrogen and oxygen atoms in total. The Hall–Kier alpha value is -2.03. The van der Waals surface area contributed by atoms with Crippen molar-refractivity contribution in [2.75, 3.05) is 13.1 Å². The van der Waals surface area contributed by atoms with Gasteiger partial charge in [0.25, 0.3) is 0 Å². The lowest BCUT2D eigenvalue weighted by molar-refractivity contribution is -0.142. The molecule has 0 amide bonds. The lowest BCUT2D eigenvalue weighted by Crippen LogP contribution is -2.35. The normalized spacial score (nSPS) is 10.8. The van der Waals surface area contributed by atoms with Gasteiger partial charge in [-0.15, -0.1) is 5.10 Å². The van der Waals surface area contributed by atoms with E-state index in [0.29, 0.717) is 12.4 Å². The van der Waals surface area contributed by atoms with Crippen LogP contribution < -0.4 is 0 Å². The summed E-state index contributed by atoms with van der Waals surface area (Å²) in [6.07, 6.45) is 1.88. The summed E-state index contributed by atoms with van der Waals surface area (Å²) in [4.78, 5) is 22.6. The first-order chi connectivity index (χ1) is 9.02. The van der Waals surface area contributed by atoms with Gasteiger partial charge in [0.05, 0.1) is 19.6 Å². The quantitative estimate of drug-likeness (QED) is 0.613. The molecule has 0 aliphatic rings. The number of carboxylic acids is 2. The Bertz CT molecular complexity index is 417. The van der Waals surface area contributed by atoms with Gasteiger partial charge < -0.3 is 10.2 Å². The number of aryl methyl sites for hydroxylation is 1. The fourth-order valence-electron chi connectivity index (χ4n) is 1.57. The molecule has 9 heteroatoms. The summed E-state index contributed by atoms with van der Waals surface area (Å²) in [6.45, 7) is 2.02. The Morgan fingerprint density at radius 1 is 1.26 bits per heavy atom. The van der Waals surface area contributed by atoms with E-state index in [1.807, 2.05) is 6.92 Å². The number of rotatable bonds is 9. The highest BCUT2D eigenvalue weighted by atomic mass is 16.4. The van der Waals surface area contributed by atoms with E-state index in [4.69, 9.17) is 10.2 Å². The number of unbranched alkanes of at least 4 members (excludes halogenated alkanes) is 1. The maximum atomic E-state index is 10.7. The molecule has 0 atom stereocenters. The summed E-state index contributed by atoms with van der Waals surface area (Å²) >= 11 is 0. The van der Waals surface area contributed by atoms with Crippen LogP contribution in [-0.2, 0) is 22.7 Å². The molecular weight excluding hydrogens is 254 g/mol. The highest BCUT2D eigenvalue weighted by molar-refractivity contribution is 5.72. The standard InChI is InChI=1S/C10H17N5O4/c1-2-3-4-15-8(11-12-13-15)5-14(6-9(16)17)7-10(18)19/h2-7H2,1H3,(H,16,17)(H,18,19). The van der Waals surface area contributed by atoms with E-state index in [2.05, 4.69) is 15.5 Å². The fraction of sp³-hybridized carbons (Fsp3) is 0.700. The average Bonchev–Trinajstić information content (AvgIpc) is 2.72. The van der Waals surface area contributed by atoms with Crippen LogP contribution in [0.25, 0.3) is 0 Å². The predicted octanol–water partition coefficient (Wildman–Crippen LogP) is -0.556. The zero-order valence-electron chi connectivity index (χ0n) is 10.7. The van der Waals surface area contributed by atoms with E-state index in [0.717, 1.165) is 12.8 Å². The first-order valence-electron chi connectivity index (χ1n) is 5.94. The maximum absolute atomic E-state index is 10.7. The van der Waals surface area contributed by atoms with Crippen molar-refractivity contribution < 1.29 is 19.8 Å². The van der Waals surface area contributed by atoms with Crippen LogP contribution in [-0.4, -0.2) is 60.3 Å². The van der Waals surface area contributed by atoms with Gasteiger partial charge in [-0.25, -0.2) is 4.68 Å². The van der Waals surface area contributed by atoms with Crippen LogP contribution in [0, 0.1) is 0 Å². The smallest absolute Gasteiger partial charge is 0.317 e. The van der Waals surface area contributed by atoms with E-state index >= 15 is 0 Å². The number of hydrogen-bond acceptors (Lipinski definition) is 6. The fourth-order valence-corrected chi connectivity index (χ4v) is 1.57. The van der Waals surface area contributed by atoms with Gasteiger partial charge in [0.2, 0.25) is 0 Å². The number of aromatic nitrogens is 4. The van der Waals surface area contributed by atoms with Crippen molar-refractivity contribution in [2.45, 2.75) is 32.9 Å². The second kappa shape index (κ2) is 7.41. The molecule has 0 bridgehead atoms. The predicted molar refractivity (Wildman–Crippen MR) is 63.3 cm³/mol. The Balaban J connectivity index is 2.69. The topological polar surface area (TPSA) is 121 Å². The van der Waals surface area contributed by atoms with Gasteiger partial charge in [-0.3, -0.25) is 14.5 Å². The molecule has 0 spiro atoms. The van der Waals surface area contributed by atoms with Crippen molar-refractivity contribution in [1.82, 2.24) is 25.1 Å². The molecule has 2 N–H and O–H groups in total. The van der Waals surface area contributed by atoms with E-state index in [9.17, 15) is 9.59 Å². The van der Waals surface area contributed by atoms with Crippen LogP contribution in [0.2, 0.25) is 0 Å². The minimum Gasteiger partial charge on any atom is -0.480 e. The third-order valence-corrected chi connectivity index (χ3v) is 2.41. The van der Waals surface area contributed by atoms with Crippen LogP contribution in [0.15, 0.2) is 0 Å². The van der Waals surface area contributed by atoms with Gasteiger partial charge in [-0.2, -0.15) is 0 Å². The van der Waals surface area contributed by atoms with Crippen molar-refractivity contribution in [2.24, 2.45) is 0 Å². The van der Waals surface area contributed by atoms with E-state index in [-0.39, 0.29) is 19.6 Å². The molecule has 0 fully saturated rings. The van der Waals surface area contributed by atoms with E-state index < -0.39 is 11.9 Å². The molecule has 0 radical (unpaired) electrons. The van der Waals surface area contributed by atoms with Gasteiger partial charge in [-0.05, 0) is 16.8 Å². The molecule has 1 aromatic heterocycles. The lowest BCUT2D eigenvalue weighted by atomic mass is 10.3. The van der Waals surface area contributed by atoms with E-state index in [1.165, 1.54) is 4.90 Å². The Kier molecular flexibility index (Phi) is 5.86. The van der Waals surface area contributed by atoms with Crippen LogP contribution in [0.5, 0.6) is 0 Å². The van der Waals surface area contributed by atoms with Crippen molar-refractivity contribution >= 4 is 11.9 Å². The van der Waals surface area contributed by atoms with Crippen LogP contribution >= 0.6 is 0 Å². The van der Waals surface area contributed by atoms with Crippen molar-refractivity contribution in [3.05, 3.63) is 5.82 Å². The van der Waals surface area contributed by atoms with Crippen LogP contribution in [0.1, 0.15) is 25.6 Å². The van der Waals surface area contributed by atoms with Crippen molar-refractivity contribution in [1.29, 1.82) is 0 Å². The molecule has 0 unspecified atom stereocenters. The first-order valence-corrected chi connectivity index (χ1v) is 5.94. The lowest BCUT2D eigenvalue weighted by Gasteiger charge is -2.16. The van der Waals surface area contributed by atoms with Gasteiger partial charge in [-0.1, -0.05) is 13.3 Å². The van der Waals surface area contributed by atoms with E-state index in [1.54, 1.807) is 4.68 Å². The molecule has 0 aromatic carbocycles. The highest BCUT2D eigenvalue weighted by Gasteiger charge is 2.17. The summed E-state index contributed by atoms with van der Waals surface area (Å²) in [5, 5.41) is 28.6. The molecule has 0 saturated heterocycles. The molecular formula is C10H17N5O4. The van der Waals surface area contributed by atoms with Gasteiger partial charge in [0, 0.05) is 6.54 Å². The third-order valence-electron chi connectivity index (χ3n) is 2.41. The Morgan fingerprint density at radius 3 is 2.42 bits per heavy atom. The van der Waals surface area contributed by atoms with Crippen LogP contribution in [0.3, 0.4) is 0 Å². The first kappa shape index (κ1) is 15.0. The number of carboxylic acid groups (broad SMARTS) is 2. The zero-order chi connectivity index (χ0) is 14.3. The molecule has 19 heavy (non-hydrogen) atoms. The second-order valence-electron chi connectivity index (χ2n) is 4.10. The second-order valence-corrected chi connectivity index (χ2v) is 4.10. The minimum absolute atomic E-state index is 0.0926. The number of tetrazole rings is 1. The third kappa shape index (κ3) is 5.42. The summed E-state index contributed by atoms with van der Waals surface area (Å²) in [6, 6.07) is 0. The SMILES string of the molecule is CCCCn1nnnc1CN(CC(=O)O)CC(=O)O. The van der Waals surface area contributed by atoms with Gasteiger partial charge >= 0.3 is 11.9 Å². The van der Waals surface area contributed by atoms with Gasteiger partial charge in [0.15, 0.2) is 5.82 Å². The molecule has 1 heterocycles. The molecule has 106 valence electrons. The molecule has 0 aliphatic carbocycles. The molecule has 0 saturated carbocycles. The highest BCUT2D eigenvalue weighted by Crippen LogP contribution is 2.02. The summed E-state index contributed by atoms with van der Waals surface area (Å²) in [7, 11) is 0. The monoisotopic (exact) mass is 271 g/mol. The summed E-state index contributed by atoms with van der Waals surface area (Å²) in [5.41, 5.74) is 0. The Labute approximate surface area is 109 Å². The Morgan fingerprint density at radius 2 is 1.89 bits per heavy atom. The summed E-state index contributed by atoms with van der Waals surface area (Å²) < 4.78 is 1.57. The molecule has 0 aliphatic heterocycles. The zero-order valence-corrected chi connectivity index (χ0v) is 10.7. The minimum atomic E-state index is -1.09. The number of carbonyl (C=O) groups is 2. The number of hydrogen-bond donors (Lipinski definition) is 2. The molecule has 1 aromatic rings. The van der Waals surface area contributed by atoms with Gasteiger partial charge in [0.1, 0.15) is 0 Å².